The first-order valence-corrected chi connectivity index (χ1v) is 6.05. The van der Waals surface area contributed by atoms with E-state index in [0.717, 1.165) is 0 Å². The molecule has 2 rings (SSSR count). The maximum absolute atomic E-state index is 2.66. The number of hydrogen-bond donors (Lipinski definition) is 0. The number of rotatable bonds is 1. The van der Waals surface area contributed by atoms with E-state index in [9.17, 15) is 0 Å². The third-order valence-corrected chi connectivity index (χ3v) is 3.20. The summed E-state index contributed by atoms with van der Waals surface area (Å²) < 4.78 is 0. The Hall–Kier alpha value is -0.520. The first-order valence-electron chi connectivity index (χ1n) is 3.76. The Labute approximate surface area is 78.3 Å². The SMILES string of the molecule is PSc1ccc2ccccc2c1. The van der Waals surface area contributed by atoms with Crippen LogP contribution in [0.15, 0.2) is 47.4 Å². The van der Waals surface area contributed by atoms with Gasteiger partial charge in [-0.3, -0.25) is 0 Å². The molecule has 2 heteroatoms. The van der Waals surface area contributed by atoms with Crippen molar-refractivity contribution in [1.82, 2.24) is 0 Å². The van der Waals surface area contributed by atoms with Gasteiger partial charge in [0.15, 0.2) is 0 Å². The molecule has 0 radical (unpaired) electrons. The minimum Gasteiger partial charge on any atom is -0.105 e. The van der Waals surface area contributed by atoms with Crippen molar-refractivity contribution in [2.75, 3.05) is 0 Å². The molecule has 0 heterocycles. The molecule has 0 saturated heterocycles. The lowest BCUT2D eigenvalue weighted by molar-refractivity contribution is 1.52. The van der Waals surface area contributed by atoms with Gasteiger partial charge in [0.25, 0.3) is 0 Å². The van der Waals surface area contributed by atoms with Gasteiger partial charge in [-0.05, 0) is 22.9 Å². The fraction of sp³-hybridized carbons (Fsp3) is 0. The van der Waals surface area contributed by atoms with E-state index in [4.69, 9.17) is 0 Å². The van der Waals surface area contributed by atoms with E-state index in [0.29, 0.717) is 0 Å². The normalized spacial score (nSPS) is 10.4. The lowest BCUT2D eigenvalue weighted by Crippen LogP contribution is -1.71. The smallest absolute Gasteiger partial charge is 0.0117 e. The summed E-state index contributed by atoms with van der Waals surface area (Å²) in [5, 5.41) is 2.62. The fourth-order valence-corrected chi connectivity index (χ4v) is 2.02. The van der Waals surface area contributed by atoms with E-state index in [1.807, 2.05) is 0 Å². The fourth-order valence-electron chi connectivity index (χ4n) is 1.24. The van der Waals surface area contributed by atoms with Crippen molar-refractivity contribution >= 4 is 30.6 Å². The van der Waals surface area contributed by atoms with E-state index in [1.165, 1.54) is 15.7 Å². The van der Waals surface area contributed by atoms with E-state index in [2.05, 4.69) is 50.9 Å². The Bertz CT molecular complexity index is 398. The van der Waals surface area contributed by atoms with Crippen molar-refractivity contribution in [3.63, 3.8) is 0 Å². The standard InChI is InChI=1S/C10H9PS/c11-12-10-6-5-8-3-1-2-4-9(8)7-10/h1-7H,11H2. The van der Waals surface area contributed by atoms with Crippen LogP contribution < -0.4 is 0 Å². The van der Waals surface area contributed by atoms with Gasteiger partial charge in [0.1, 0.15) is 0 Å². The highest BCUT2D eigenvalue weighted by Gasteiger charge is 1.92. The highest BCUT2D eigenvalue weighted by molar-refractivity contribution is 8.43. The summed E-state index contributed by atoms with van der Waals surface area (Å²) in [5.74, 6) is 0. The van der Waals surface area contributed by atoms with Crippen LogP contribution in [0.25, 0.3) is 10.8 Å². The molecule has 0 saturated carbocycles. The van der Waals surface area contributed by atoms with Crippen LogP contribution in [-0.2, 0) is 0 Å². The largest absolute Gasteiger partial charge is 0.105 e. The lowest BCUT2D eigenvalue weighted by atomic mass is 10.1. The summed E-state index contributed by atoms with van der Waals surface area (Å²) in [6.07, 6.45) is 0. The molecular weight excluding hydrogens is 183 g/mol. The zero-order valence-electron chi connectivity index (χ0n) is 6.53. The van der Waals surface area contributed by atoms with Crippen LogP contribution >= 0.6 is 19.8 Å². The predicted molar refractivity (Wildman–Crippen MR) is 59.5 cm³/mol. The molecule has 0 aliphatic rings. The van der Waals surface area contributed by atoms with Crippen LogP contribution in [0.1, 0.15) is 0 Å². The van der Waals surface area contributed by atoms with Gasteiger partial charge >= 0.3 is 0 Å². The third kappa shape index (κ3) is 1.48. The Morgan fingerprint density at radius 2 is 1.67 bits per heavy atom. The molecule has 60 valence electrons. The predicted octanol–water partition coefficient (Wildman–Crippen LogP) is 3.72. The zero-order chi connectivity index (χ0) is 8.39. The second kappa shape index (κ2) is 3.47. The summed E-state index contributed by atoms with van der Waals surface area (Å²) in [7, 11) is 2.66. The molecule has 0 spiro atoms. The van der Waals surface area contributed by atoms with Crippen molar-refractivity contribution in [3.8, 4) is 0 Å². The van der Waals surface area contributed by atoms with E-state index < -0.39 is 0 Å². The van der Waals surface area contributed by atoms with Crippen molar-refractivity contribution in [2.45, 2.75) is 4.90 Å². The molecule has 0 fully saturated rings. The third-order valence-electron chi connectivity index (χ3n) is 1.86. The number of fused-ring (bicyclic) bond motifs is 1. The summed E-state index contributed by atoms with van der Waals surface area (Å²) >= 11 is 1.70. The van der Waals surface area contributed by atoms with Gasteiger partial charge in [-0.1, -0.05) is 38.8 Å². The molecule has 0 bridgehead atoms. The highest BCUT2D eigenvalue weighted by Crippen LogP contribution is 2.27. The van der Waals surface area contributed by atoms with Crippen LogP contribution in [-0.4, -0.2) is 0 Å². The van der Waals surface area contributed by atoms with E-state index >= 15 is 0 Å². The topological polar surface area (TPSA) is 0 Å². The van der Waals surface area contributed by atoms with Gasteiger partial charge in [0.05, 0.1) is 0 Å². The van der Waals surface area contributed by atoms with Crippen LogP contribution in [0.3, 0.4) is 0 Å². The minimum absolute atomic E-state index is 1.29. The molecule has 0 amide bonds. The molecule has 1 atom stereocenters. The average molecular weight is 192 g/mol. The average Bonchev–Trinajstić information content (AvgIpc) is 2.17. The molecule has 12 heavy (non-hydrogen) atoms. The first kappa shape index (κ1) is 8.10. The number of benzene rings is 2. The summed E-state index contributed by atoms with van der Waals surface area (Å²) in [6, 6.07) is 14.9. The zero-order valence-corrected chi connectivity index (χ0v) is 8.50. The second-order valence-electron chi connectivity index (χ2n) is 2.63. The van der Waals surface area contributed by atoms with Crippen molar-refractivity contribution in [3.05, 3.63) is 42.5 Å². The Balaban J connectivity index is 2.67. The second-order valence-corrected chi connectivity index (χ2v) is 4.04. The van der Waals surface area contributed by atoms with Gasteiger partial charge < -0.3 is 0 Å². The quantitative estimate of drug-likeness (QED) is 0.620. The molecule has 1 unspecified atom stereocenters. The molecule has 0 nitrogen and oxygen atoms in total. The maximum atomic E-state index is 2.66. The molecule has 0 aliphatic carbocycles. The molecule has 2 aromatic carbocycles. The van der Waals surface area contributed by atoms with Gasteiger partial charge in [-0.25, -0.2) is 0 Å². The monoisotopic (exact) mass is 192 g/mol. The van der Waals surface area contributed by atoms with E-state index in [-0.39, 0.29) is 0 Å². The van der Waals surface area contributed by atoms with Crippen molar-refractivity contribution in [1.29, 1.82) is 0 Å². The maximum Gasteiger partial charge on any atom is 0.0117 e. The molecule has 2 aromatic rings. The van der Waals surface area contributed by atoms with E-state index in [1.54, 1.807) is 11.4 Å². The first-order chi connectivity index (χ1) is 5.90. The summed E-state index contributed by atoms with van der Waals surface area (Å²) in [5.41, 5.74) is 0. The van der Waals surface area contributed by atoms with Gasteiger partial charge in [0.2, 0.25) is 0 Å². The minimum atomic E-state index is 1.29. The van der Waals surface area contributed by atoms with Crippen LogP contribution in [0.2, 0.25) is 0 Å². The van der Waals surface area contributed by atoms with Crippen molar-refractivity contribution in [2.24, 2.45) is 0 Å². The highest BCUT2D eigenvalue weighted by atomic mass is 32.7. The van der Waals surface area contributed by atoms with Gasteiger partial charge in [0, 0.05) is 4.90 Å². The lowest BCUT2D eigenvalue weighted by Gasteiger charge is -1.99. The molecule has 0 N–H and O–H groups in total. The Morgan fingerprint density at radius 3 is 2.42 bits per heavy atom. The van der Waals surface area contributed by atoms with Crippen LogP contribution in [0.5, 0.6) is 0 Å². The van der Waals surface area contributed by atoms with Crippen molar-refractivity contribution < 1.29 is 0 Å². The summed E-state index contributed by atoms with van der Waals surface area (Å²) in [6.45, 7) is 0. The number of hydrogen-bond acceptors (Lipinski definition) is 1. The Kier molecular flexibility index (Phi) is 2.34. The van der Waals surface area contributed by atoms with Gasteiger partial charge in [-0.15, -0.1) is 11.4 Å². The molecule has 0 aromatic heterocycles. The molecular formula is C10H9PS. The summed E-state index contributed by atoms with van der Waals surface area (Å²) in [4.78, 5) is 1.29. The molecule has 0 aliphatic heterocycles. The van der Waals surface area contributed by atoms with Crippen LogP contribution in [0, 0.1) is 0 Å². The van der Waals surface area contributed by atoms with Gasteiger partial charge in [-0.2, -0.15) is 0 Å². The Morgan fingerprint density at radius 1 is 0.917 bits per heavy atom. The van der Waals surface area contributed by atoms with Crippen LogP contribution in [0.4, 0.5) is 0 Å².